The Hall–Kier alpha value is -3.12. The molecule has 1 saturated heterocycles. The molecule has 4 aromatic rings. The Balaban J connectivity index is 1.66. The highest BCUT2D eigenvalue weighted by atomic mass is 16.3. The van der Waals surface area contributed by atoms with E-state index in [1.807, 2.05) is 42.8 Å². The number of imidazole rings is 1. The van der Waals surface area contributed by atoms with Crippen molar-refractivity contribution in [2.24, 2.45) is 12.5 Å². The molecule has 1 aliphatic rings. The molecular formula is C27H31N3O3. The van der Waals surface area contributed by atoms with Crippen molar-refractivity contribution in [2.45, 2.75) is 46.6 Å². The maximum Gasteiger partial charge on any atom is 0.203 e. The van der Waals surface area contributed by atoms with Gasteiger partial charge in [0.05, 0.1) is 22.0 Å². The fourth-order valence-corrected chi connectivity index (χ4v) is 5.25. The molecule has 0 bridgehead atoms. The number of aromatic nitrogens is 2. The van der Waals surface area contributed by atoms with Crippen LogP contribution in [0.4, 0.5) is 0 Å². The van der Waals surface area contributed by atoms with Crippen molar-refractivity contribution in [3.8, 4) is 17.1 Å². The number of nitrogens with zero attached hydrogens (tertiary/aromatic N) is 3. The summed E-state index contributed by atoms with van der Waals surface area (Å²) in [4.78, 5) is 20.7. The van der Waals surface area contributed by atoms with Crippen molar-refractivity contribution in [3.05, 3.63) is 57.9 Å². The summed E-state index contributed by atoms with van der Waals surface area (Å²) in [5.41, 5.74) is 4.28. The van der Waals surface area contributed by atoms with Gasteiger partial charge in [-0.1, -0.05) is 32.9 Å². The molecule has 1 fully saturated rings. The average molecular weight is 446 g/mol. The predicted octanol–water partition coefficient (Wildman–Crippen LogP) is 5.24. The van der Waals surface area contributed by atoms with Gasteiger partial charge in [0, 0.05) is 20.1 Å². The molecule has 2 aromatic heterocycles. The van der Waals surface area contributed by atoms with Gasteiger partial charge in [0.25, 0.3) is 0 Å². The first-order valence-corrected chi connectivity index (χ1v) is 11.7. The second-order valence-corrected chi connectivity index (χ2v) is 10.0. The molecular weight excluding hydrogens is 414 g/mol. The molecule has 3 heterocycles. The zero-order valence-electron chi connectivity index (χ0n) is 19.8. The predicted molar refractivity (Wildman–Crippen MR) is 132 cm³/mol. The minimum Gasteiger partial charge on any atom is -0.507 e. The van der Waals surface area contributed by atoms with Crippen molar-refractivity contribution in [1.82, 2.24) is 14.5 Å². The quantitative estimate of drug-likeness (QED) is 0.465. The van der Waals surface area contributed by atoms with E-state index in [1.54, 1.807) is 6.07 Å². The first-order chi connectivity index (χ1) is 15.8. The average Bonchev–Trinajstić information content (AvgIpc) is 3.12. The first kappa shape index (κ1) is 21.7. The number of benzene rings is 2. The molecule has 0 unspecified atom stereocenters. The number of rotatable bonds is 4. The van der Waals surface area contributed by atoms with Crippen LogP contribution in [0.3, 0.4) is 0 Å². The zero-order valence-corrected chi connectivity index (χ0v) is 19.8. The third-order valence-electron chi connectivity index (χ3n) is 6.98. The summed E-state index contributed by atoms with van der Waals surface area (Å²) in [6, 6.07) is 9.60. The van der Waals surface area contributed by atoms with Crippen molar-refractivity contribution in [1.29, 1.82) is 0 Å². The Morgan fingerprint density at radius 3 is 2.76 bits per heavy atom. The lowest BCUT2D eigenvalue weighted by atomic mass is 9.84. The van der Waals surface area contributed by atoms with Gasteiger partial charge in [0.1, 0.15) is 29.0 Å². The summed E-state index contributed by atoms with van der Waals surface area (Å²) in [7, 11) is 1.91. The summed E-state index contributed by atoms with van der Waals surface area (Å²) in [6.07, 6.45) is 4.46. The lowest BCUT2D eigenvalue weighted by molar-refractivity contribution is 0.111. The Labute approximate surface area is 193 Å². The summed E-state index contributed by atoms with van der Waals surface area (Å²) >= 11 is 0. The SMILES string of the molecule is CCc1cc2c(=O)c(-c3nc4ccccc4n3C)coc2c(CN2CCCC(C)(C)C2)c1O. The highest BCUT2D eigenvalue weighted by Crippen LogP contribution is 2.35. The van der Waals surface area contributed by atoms with Crippen LogP contribution in [-0.4, -0.2) is 32.6 Å². The summed E-state index contributed by atoms with van der Waals surface area (Å²) in [5.74, 6) is 0.823. The van der Waals surface area contributed by atoms with Gasteiger partial charge in [0.2, 0.25) is 5.43 Å². The molecule has 0 atom stereocenters. The van der Waals surface area contributed by atoms with Gasteiger partial charge in [0.15, 0.2) is 0 Å². The van der Waals surface area contributed by atoms with Crippen LogP contribution in [0.15, 0.2) is 45.8 Å². The van der Waals surface area contributed by atoms with E-state index in [9.17, 15) is 9.90 Å². The van der Waals surface area contributed by atoms with Crippen LogP contribution >= 0.6 is 0 Å². The van der Waals surface area contributed by atoms with Crippen LogP contribution in [0.25, 0.3) is 33.4 Å². The molecule has 0 spiro atoms. The second kappa shape index (κ2) is 8.03. The molecule has 5 rings (SSSR count). The number of aryl methyl sites for hydroxylation is 2. The summed E-state index contributed by atoms with van der Waals surface area (Å²) in [6.45, 7) is 9.04. The van der Waals surface area contributed by atoms with Crippen LogP contribution in [0.2, 0.25) is 0 Å². The number of likely N-dealkylation sites (tertiary alicyclic amines) is 1. The number of para-hydroxylation sites is 2. The molecule has 1 N–H and O–H groups in total. The first-order valence-electron chi connectivity index (χ1n) is 11.7. The molecule has 0 amide bonds. The number of phenols is 1. The molecule has 2 aromatic carbocycles. The van der Waals surface area contributed by atoms with Gasteiger partial charge < -0.3 is 14.1 Å². The molecule has 1 aliphatic heterocycles. The Kier molecular flexibility index (Phi) is 5.28. The topological polar surface area (TPSA) is 71.5 Å². The van der Waals surface area contributed by atoms with Crippen LogP contribution in [0.5, 0.6) is 5.75 Å². The number of hydrogen-bond donors (Lipinski definition) is 1. The van der Waals surface area contributed by atoms with E-state index in [0.717, 1.165) is 36.1 Å². The lowest BCUT2D eigenvalue weighted by Gasteiger charge is -2.38. The summed E-state index contributed by atoms with van der Waals surface area (Å²) < 4.78 is 8.02. The molecule has 0 radical (unpaired) electrons. The van der Waals surface area contributed by atoms with Crippen LogP contribution < -0.4 is 5.43 Å². The van der Waals surface area contributed by atoms with Crippen molar-refractivity contribution in [2.75, 3.05) is 13.1 Å². The van der Waals surface area contributed by atoms with Crippen LogP contribution in [0.1, 0.15) is 44.7 Å². The van der Waals surface area contributed by atoms with E-state index in [0.29, 0.717) is 40.9 Å². The van der Waals surface area contributed by atoms with Gasteiger partial charge in [-0.3, -0.25) is 9.69 Å². The third-order valence-corrected chi connectivity index (χ3v) is 6.98. The molecule has 0 saturated carbocycles. The van der Waals surface area contributed by atoms with Crippen LogP contribution in [0, 0.1) is 5.41 Å². The standard InChI is InChI=1S/C27H31N3O3/c1-5-17-13-18-24(32)20(26-28-21-9-6-7-10-22(21)29(26)4)15-33-25(18)19(23(17)31)14-30-12-8-11-27(2,3)16-30/h6-7,9-10,13,15,31H,5,8,11-12,14,16H2,1-4H3. The maximum atomic E-state index is 13.7. The van der Waals surface area contributed by atoms with Crippen LogP contribution in [-0.2, 0) is 20.0 Å². The van der Waals surface area contributed by atoms with E-state index in [4.69, 9.17) is 4.42 Å². The molecule has 33 heavy (non-hydrogen) atoms. The van der Waals surface area contributed by atoms with Gasteiger partial charge in [-0.2, -0.15) is 0 Å². The molecule has 172 valence electrons. The Bertz CT molecular complexity index is 1410. The Morgan fingerprint density at radius 2 is 2.03 bits per heavy atom. The number of aromatic hydroxyl groups is 1. The largest absolute Gasteiger partial charge is 0.507 e. The Morgan fingerprint density at radius 1 is 1.24 bits per heavy atom. The molecule has 0 aliphatic carbocycles. The fourth-order valence-electron chi connectivity index (χ4n) is 5.25. The van der Waals surface area contributed by atoms with E-state index in [2.05, 4.69) is 23.7 Å². The van der Waals surface area contributed by atoms with E-state index in [-0.39, 0.29) is 16.6 Å². The monoisotopic (exact) mass is 445 g/mol. The molecule has 6 nitrogen and oxygen atoms in total. The van der Waals surface area contributed by atoms with Gasteiger partial charge in [-0.25, -0.2) is 4.98 Å². The number of hydrogen-bond acceptors (Lipinski definition) is 5. The highest BCUT2D eigenvalue weighted by molar-refractivity contribution is 5.87. The van der Waals surface area contributed by atoms with Crippen molar-refractivity contribution >= 4 is 22.0 Å². The minimum absolute atomic E-state index is 0.121. The smallest absolute Gasteiger partial charge is 0.203 e. The van der Waals surface area contributed by atoms with Gasteiger partial charge >= 0.3 is 0 Å². The summed E-state index contributed by atoms with van der Waals surface area (Å²) in [5, 5.41) is 11.6. The fraction of sp³-hybridized carbons (Fsp3) is 0.407. The van der Waals surface area contributed by atoms with Crippen molar-refractivity contribution in [3.63, 3.8) is 0 Å². The number of phenolic OH excluding ortho intramolecular Hbond substituents is 1. The van der Waals surface area contributed by atoms with Gasteiger partial charge in [-0.05, 0) is 55.0 Å². The van der Waals surface area contributed by atoms with Crippen molar-refractivity contribution < 1.29 is 9.52 Å². The normalized spacial score (nSPS) is 16.6. The second-order valence-electron chi connectivity index (χ2n) is 10.0. The molecule has 6 heteroatoms. The maximum absolute atomic E-state index is 13.7. The number of fused-ring (bicyclic) bond motifs is 2. The third kappa shape index (κ3) is 3.72. The lowest BCUT2D eigenvalue weighted by Crippen LogP contribution is -2.39. The van der Waals surface area contributed by atoms with Gasteiger partial charge in [-0.15, -0.1) is 0 Å². The van der Waals surface area contributed by atoms with E-state index >= 15 is 0 Å². The zero-order chi connectivity index (χ0) is 23.3. The van der Waals surface area contributed by atoms with E-state index in [1.165, 1.54) is 12.7 Å². The minimum atomic E-state index is -0.121. The van der Waals surface area contributed by atoms with E-state index < -0.39 is 0 Å². The number of piperidine rings is 1. The highest BCUT2D eigenvalue weighted by Gasteiger charge is 2.28.